The summed E-state index contributed by atoms with van der Waals surface area (Å²) < 4.78 is 2.99. The number of hydrogen-bond donors (Lipinski definition) is 0. The lowest BCUT2D eigenvalue weighted by atomic mass is 10.1. The Hall–Kier alpha value is -3.74. The van der Waals surface area contributed by atoms with Crippen LogP contribution in [0.4, 0.5) is 0 Å². The smallest absolute Gasteiger partial charge is 0.298 e. The van der Waals surface area contributed by atoms with Gasteiger partial charge in [-0.1, -0.05) is 90.5 Å². The molecule has 2 heterocycles. The normalized spacial score (nSPS) is 11.4. The summed E-state index contributed by atoms with van der Waals surface area (Å²) in [6, 6.07) is 28.6. The first kappa shape index (κ1) is 24.0. The van der Waals surface area contributed by atoms with Crippen LogP contribution in [0.1, 0.15) is 22.3 Å². The maximum Gasteiger partial charge on any atom is 0.332 e. The molecule has 0 radical (unpaired) electrons. The highest BCUT2D eigenvalue weighted by Crippen LogP contribution is 2.38. The van der Waals surface area contributed by atoms with Crippen LogP contribution in [0.3, 0.4) is 0 Å². The lowest BCUT2D eigenvalue weighted by molar-refractivity contribution is 0.321. The van der Waals surface area contributed by atoms with Gasteiger partial charge in [0.25, 0.3) is 5.56 Å². The number of nitrogens with zero attached hydrogens (tertiary/aromatic N) is 3. The van der Waals surface area contributed by atoms with Crippen molar-refractivity contribution in [1.29, 1.82) is 0 Å². The highest BCUT2D eigenvalue weighted by Gasteiger charge is 2.23. The number of rotatable bonds is 7. The Balaban J connectivity index is 1.70. The first-order valence-corrected chi connectivity index (χ1v) is 12.8. The van der Waals surface area contributed by atoms with Crippen molar-refractivity contribution in [2.24, 2.45) is 7.05 Å². The van der Waals surface area contributed by atoms with E-state index in [0.717, 1.165) is 32.9 Å². The van der Waals surface area contributed by atoms with E-state index < -0.39 is 0 Å². The van der Waals surface area contributed by atoms with Crippen molar-refractivity contribution >= 4 is 21.6 Å². The summed E-state index contributed by atoms with van der Waals surface area (Å²) in [4.78, 5) is 30.8. The zero-order valence-corrected chi connectivity index (χ0v) is 21.6. The molecule has 0 spiro atoms. The maximum atomic E-state index is 13.6. The van der Waals surface area contributed by atoms with Gasteiger partial charge in [-0.25, -0.2) is 4.79 Å². The van der Waals surface area contributed by atoms with Crippen LogP contribution in [-0.4, -0.2) is 21.1 Å². The molecular weight excluding hydrogens is 466 g/mol. The molecule has 5 nitrogen and oxygen atoms in total. The van der Waals surface area contributed by atoms with Crippen LogP contribution < -0.4 is 11.2 Å². The molecule has 0 unspecified atom stereocenters. The van der Waals surface area contributed by atoms with Crippen molar-refractivity contribution in [3.63, 3.8) is 0 Å². The van der Waals surface area contributed by atoms with Gasteiger partial charge in [0.15, 0.2) is 0 Å². The van der Waals surface area contributed by atoms with Crippen molar-refractivity contribution in [3.05, 3.63) is 128 Å². The second-order valence-corrected chi connectivity index (χ2v) is 10.3. The molecule has 0 aliphatic rings. The molecule has 0 fully saturated rings. The lowest BCUT2D eigenvalue weighted by Gasteiger charge is -2.18. The van der Waals surface area contributed by atoms with E-state index in [-0.39, 0.29) is 11.2 Å². The summed E-state index contributed by atoms with van der Waals surface area (Å²) in [6.07, 6.45) is 0. The van der Waals surface area contributed by atoms with E-state index in [2.05, 4.69) is 55.3 Å². The van der Waals surface area contributed by atoms with E-state index in [1.54, 1.807) is 11.6 Å². The van der Waals surface area contributed by atoms with E-state index >= 15 is 0 Å². The van der Waals surface area contributed by atoms with Crippen molar-refractivity contribution < 1.29 is 0 Å². The van der Waals surface area contributed by atoms with E-state index in [4.69, 9.17) is 0 Å². The second-order valence-electron chi connectivity index (χ2n) is 9.33. The van der Waals surface area contributed by atoms with Gasteiger partial charge in [-0.15, -0.1) is 11.3 Å². The van der Waals surface area contributed by atoms with Gasteiger partial charge in [-0.2, -0.15) is 0 Å². The van der Waals surface area contributed by atoms with Crippen LogP contribution in [-0.2, 0) is 26.7 Å². The Labute approximate surface area is 214 Å². The summed E-state index contributed by atoms with van der Waals surface area (Å²) in [7, 11) is 3.65. The first-order valence-electron chi connectivity index (χ1n) is 12.0. The second kappa shape index (κ2) is 10.1. The van der Waals surface area contributed by atoms with Gasteiger partial charge in [0.2, 0.25) is 0 Å². The predicted molar refractivity (Wildman–Crippen MR) is 149 cm³/mol. The minimum atomic E-state index is -0.294. The first-order chi connectivity index (χ1) is 17.4. The molecule has 3 aromatic carbocycles. The Morgan fingerprint density at radius 2 is 1.42 bits per heavy atom. The van der Waals surface area contributed by atoms with Crippen LogP contribution >= 0.6 is 11.3 Å². The molecule has 6 heteroatoms. The largest absolute Gasteiger partial charge is 0.332 e. The average molecular weight is 496 g/mol. The number of thiophene rings is 1. The van der Waals surface area contributed by atoms with Crippen LogP contribution in [0, 0.1) is 6.92 Å². The predicted octanol–water partition coefficient (Wildman–Crippen LogP) is 5.42. The molecule has 0 saturated heterocycles. The Morgan fingerprint density at radius 1 is 0.806 bits per heavy atom. The van der Waals surface area contributed by atoms with Crippen LogP contribution in [0.5, 0.6) is 0 Å². The molecular formula is C30H29N3O2S. The molecule has 36 heavy (non-hydrogen) atoms. The molecule has 0 aliphatic carbocycles. The minimum absolute atomic E-state index is 0.239. The summed E-state index contributed by atoms with van der Waals surface area (Å²) in [5, 5.41) is 0.633. The molecule has 0 bridgehead atoms. The topological polar surface area (TPSA) is 47.2 Å². The summed E-state index contributed by atoms with van der Waals surface area (Å²) in [5.41, 5.74) is 4.91. The minimum Gasteiger partial charge on any atom is -0.298 e. The van der Waals surface area contributed by atoms with Gasteiger partial charge in [-0.3, -0.25) is 18.8 Å². The van der Waals surface area contributed by atoms with Gasteiger partial charge in [0, 0.05) is 25.0 Å². The molecule has 0 amide bonds. The molecule has 2 aromatic heterocycles. The van der Waals surface area contributed by atoms with E-state index in [1.165, 1.54) is 27.0 Å². The summed E-state index contributed by atoms with van der Waals surface area (Å²) in [6.45, 7) is 3.83. The number of benzene rings is 3. The fourth-order valence-electron chi connectivity index (χ4n) is 4.60. The molecule has 0 N–H and O–H groups in total. The van der Waals surface area contributed by atoms with Crippen molar-refractivity contribution in [1.82, 2.24) is 14.0 Å². The highest BCUT2D eigenvalue weighted by atomic mass is 32.1. The SMILES string of the molecule is Cc1ccc(-c2sc3c(c2CN(C)Cc2ccccc2)c(=O)n(C)c(=O)n3Cc2ccccc2)cc1. The number of aryl methyl sites for hydroxylation is 1. The summed E-state index contributed by atoms with van der Waals surface area (Å²) >= 11 is 1.54. The van der Waals surface area contributed by atoms with Crippen molar-refractivity contribution in [2.45, 2.75) is 26.6 Å². The quantitative estimate of drug-likeness (QED) is 0.303. The zero-order valence-electron chi connectivity index (χ0n) is 20.8. The molecule has 0 atom stereocenters. The lowest BCUT2D eigenvalue weighted by Crippen LogP contribution is -2.38. The zero-order chi connectivity index (χ0) is 25.2. The van der Waals surface area contributed by atoms with Crippen LogP contribution in [0.25, 0.3) is 20.7 Å². The van der Waals surface area contributed by atoms with E-state index in [0.29, 0.717) is 18.5 Å². The fraction of sp³-hybridized carbons (Fsp3) is 0.200. The monoisotopic (exact) mass is 495 g/mol. The Bertz CT molecular complexity index is 1620. The van der Waals surface area contributed by atoms with Crippen molar-refractivity contribution in [3.8, 4) is 10.4 Å². The Morgan fingerprint density at radius 3 is 2.06 bits per heavy atom. The molecule has 182 valence electrons. The third-order valence-corrected chi connectivity index (χ3v) is 7.79. The van der Waals surface area contributed by atoms with Gasteiger partial charge in [-0.05, 0) is 36.2 Å². The Kier molecular flexibility index (Phi) is 6.72. The van der Waals surface area contributed by atoms with Crippen molar-refractivity contribution in [2.75, 3.05) is 7.05 Å². The van der Waals surface area contributed by atoms with Gasteiger partial charge < -0.3 is 0 Å². The highest BCUT2D eigenvalue weighted by molar-refractivity contribution is 7.22. The number of aromatic nitrogens is 2. The van der Waals surface area contributed by atoms with Gasteiger partial charge in [0.05, 0.1) is 11.9 Å². The van der Waals surface area contributed by atoms with Crippen LogP contribution in [0.2, 0.25) is 0 Å². The third kappa shape index (κ3) is 4.70. The van der Waals surface area contributed by atoms with Crippen LogP contribution in [0.15, 0.2) is 94.5 Å². The maximum absolute atomic E-state index is 13.6. The van der Waals surface area contributed by atoms with E-state index in [9.17, 15) is 9.59 Å². The third-order valence-electron chi connectivity index (χ3n) is 6.49. The fourth-order valence-corrected chi connectivity index (χ4v) is 5.90. The molecule has 0 aliphatic heterocycles. The average Bonchev–Trinajstić information content (AvgIpc) is 3.25. The molecule has 0 saturated carbocycles. The summed E-state index contributed by atoms with van der Waals surface area (Å²) in [5.74, 6) is 0. The molecule has 5 aromatic rings. The standard InChI is InChI=1S/C30H29N3O2S/c1-21-14-16-24(17-15-21)27-25(20-31(2)18-22-10-6-4-7-11-22)26-28(34)32(3)30(35)33(29(26)36-27)19-23-12-8-5-9-13-23/h4-17H,18-20H2,1-3H3. The van der Waals surface area contributed by atoms with Gasteiger partial charge in [0.1, 0.15) is 4.83 Å². The molecule has 5 rings (SSSR count). The van der Waals surface area contributed by atoms with Gasteiger partial charge >= 0.3 is 5.69 Å². The number of fused-ring (bicyclic) bond motifs is 1. The van der Waals surface area contributed by atoms with E-state index in [1.807, 2.05) is 48.5 Å². The number of hydrogen-bond acceptors (Lipinski definition) is 4.